The van der Waals surface area contributed by atoms with E-state index in [-0.39, 0.29) is 17.4 Å². The third-order valence-corrected chi connectivity index (χ3v) is 4.09. The monoisotopic (exact) mass is 283 g/mol. The predicted molar refractivity (Wildman–Crippen MR) is 84.8 cm³/mol. The molecule has 0 spiro atoms. The highest BCUT2D eigenvalue weighted by atomic mass is 16.2. The van der Waals surface area contributed by atoms with Crippen molar-refractivity contribution in [3.8, 4) is 0 Å². The van der Waals surface area contributed by atoms with E-state index >= 15 is 0 Å². The van der Waals surface area contributed by atoms with E-state index in [0.29, 0.717) is 5.92 Å². The molecule has 1 aliphatic heterocycles. The summed E-state index contributed by atoms with van der Waals surface area (Å²) in [5.74, 6) is 0.790. The molecule has 0 bridgehead atoms. The molecule has 4 nitrogen and oxygen atoms in total. The Morgan fingerprint density at radius 3 is 2.45 bits per heavy atom. The van der Waals surface area contributed by atoms with Gasteiger partial charge in [-0.2, -0.15) is 0 Å². The van der Waals surface area contributed by atoms with Gasteiger partial charge in [0.2, 0.25) is 5.91 Å². The van der Waals surface area contributed by atoms with Crippen LogP contribution in [-0.2, 0) is 4.79 Å². The normalized spacial score (nSPS) is 22.3. The lowest BCUT2D eigenvalue weighted by molar-refractivity contribution is -0.138. The second kappa shape index (κ2) is 7.41. The van der Waals surface area contributed by atoms with Gasteiger partial charge in [0.05, 0.1) is 6.04 Å². The van der Waals surface area contributed by atoms with E-state index in [1.165, 1.54) is 6.42 Å². The minimum Gasteiger partial charge on any atom is -0.340 e. The molecule has 0 aromatic carbocycles. The van der Waals surface area contributed by atoms with Crippen LogP contribution < -0.4 is 5.32 Å². The molecule has 1 N–H and O–H groups in total. The number of amides is 1. The molecule has 1 saturated heterocycles. The highest BCUT2D eigenvalue weighted by molar-refractivity contribution is 5.83. The van der Waals surface area contributed by atoms with Crippen LogP contribution in [-0.4, -0.2) is 62.0 Å². The largest absolute Gasteiger partial charge is 0.340 e. The van der Waals surface area contributed by atoms with Crippen LogP contribution in [0.5, 0.6) is 0 Å². The minimum atomic E-state index is -0.0304. The van der Waals surface area contributed by atoms with E-state index in [4.69, 9.17) is 0 Å². The van der Waals surface area contributed by atoms with Crippen molar-refractivity contribution in [3.63, 3.8) is 0 Å². The van der Waals surface area contributed by atoms with Crippen molar-refractivity contribution in [2.24, 2.45) is 11.3 Å². The SMILES string of the molecule is CC(C)CN(CCN(C)C)C(=O)C1NCCCC1(C)C. The maximum Gasteiger partial charge on any atom is 0.240 e. The Hall–Kier alpha value is -0.610. The number of hydrogen-bond acceptors (Lipinski definition) is 3. The van der Waals surface area contributed by atoms with Crippen molar-refractivity contribution in [2.45, 2.75) is 46.6 Å². The standard InChI is InChI=1S/C16H33N3O/c1-13(2)12-19(11-10-18(5)6)15(20)14-16(3,4)8-7-9-17-14/h13-14,17H,7-12H2,1-6H3. The number of piperidine rings is 1. The average Bonchev–Trinajstić information content (AvgIpc) is 2.32. The molecular weight excluding hydrogens is 250 g/mol. The van der Waals surface area contributed by atoms with Gasteiger partial charge in [0.1, 0.15) is 0 Å². The molecule has 1 aliphatic rings. The van der Waals surface area contributed by atoms with E-state index in [2.05, 4.69) is 56.9 Å². The number of rotatable bonds is 6. The summed E-state index contributed by atoms with van der Waals surface area (Å²) in [5.41, 5.74) is 0.0582. The maximum atomic E-state index is 12.9. The van der Waals surface area contributed by atoms with Crippen molar-refractivity contribution < 1.29 is 4.79 Å². The van der Waals surface area contributed by atoms with Crippen LogP contribution in [0.1, 0.15) is 40.5 Å². The summed E-state index contributed by atoms with van der Waals surface area (Å²) in [5, 5.41) is 3.45. The summed E-state index contributed by atoms with van der Waals surface area (Å²) in [6, 6.07) is -0.0304. The Balaban J connectivity index is 2.74. The highest BCUT2D eigenvalue weighted by Crippen LogP contribution is 2.31. The summed E-state index contributed by atoms with van der Waals surface area (Å²) in [6.07, 6.45) is 2.29. The van der Waals surface area contributed by atoms with Crippen molar-refractivity contribution in [1.82, 2.24) is 15.1 Å². The first-order valence-corrected chi connectivity index (χ1v) is 7.91. The van der Waals surface area contributed by atoms with Gasteiger partial charge >= 0.3 is 0 Å². The van der Waals surface area contributed by atoms with Crippen molar-refractivity contribution in [1.29, 1.82) is 0 Å². The van der Waals surface area contributed by atoms with E-state index in [9.17, 15) is 4.79 Å². The topological polar surface area (TPSA) is 35.6 Å². The van der Waals surface area contributed by atoms with Gasteiger partial charge in [-0.15, -0.1) is 0 Å². The van der Waals surface area contributed by atoms with E-state index in [1.807, 2.05) is 0 Å². The zero-order chi connectivity index (χ0) is 15.3. The first-order valence-electron chi connectivity index (χ1n) is 7.91. The van der Waals surface area contributed by atoms with Gasteiger partial charge in [0.15, 0.2) is 0 Å². The molecule has 1 unspecified atom stereocenters. The Morgan fingerprint density at radius 2 is 1.95 bits per heavy atom. The van der Waals surface area contributed by atoms with Crippen LogP contribution in [0.15, 0.2) is 0 Å². The number of nitrogens with one attached hydrogen (secondary N) is 1. The van der Waals surface area contributed by atoms with Gasteiger partial charge in [0, 0.05) is 19.6 Å². The number of nitrogens with zero attached hydrogens (tertiary/aromatic N) is 2. The van der Waals surface area contributed by atoms with Gasteiger partial charge in [-0.05, 0) is 44.8 Å². The first kappa shape index (κ1) is 17.4. The second-order valence-corrected chi connectivity index (χ2v) is 7.46. The minimum absolute atomic E-state index is 0.0304. The van der Waals surface area contributed by atoms with E-state index < -0.39 is 0 Å². The molecule has 1 amide bonds. The molecule has 1 rings (SSSR count). The lowest BCUT2D eigenvalue weighted by Crippen LogP contribution is -2.57. The number of hydrogen-bond donors (Lipinski definition) is 1. The molecular formula is C16H33N3O. The molecule has 1 heterocycles. The average molecular weight is 283 g/mol. The molecule has 1 fully saturated rings. The molecule has 1 atom stereocenters. The fourth-order valence-corrected chi connectivity index (χ4v) is 2.87. The smallest absolute Gasteiger partial charge is 0.240 e. The van der Waals surface area contributed by atoms with Crippen molar-refractivity contribution >= 4 is 5.91 Å². The quantitative estimate of drug-likeness (QED) is 0.807. The molecule has 0 aromatic heterocycles. The third-order valence-electron chi connectivity index (χ3n) is 4.09. The molecule has 4 heteroatoms. The van der Waals surface area contributed by atoms with Crippen molar-refractivity contribution in [2.75, 3.05) is 40.3 Å². The van der Waals surface area contributed by atoms with E-state index in [1.54, 1.807) is 0 Å². The van der Waals surface area contributed by atoms with Gasteiger partial charge in [0.25, 0.3) is 0 Å². The van der Waals surface area contributed by atoms with Crippen LogP contribution in [0, 0.1) is 11.3 Å². The number of carbonyl (C=O) groups excluding carboxylic acids is 1. The van der Waals surface area contributed by atoms with Gasteiger partial charge in [-0.1, -0.05) is 27.7 Å². The third kappa shape index (κ3) is 5.06. The summed E-state index contributed by atoms with van der Waals surface area (Å²) >= 11 is 0. The Bertz CT molecular complexity index is 313. The molecule has 0 aromatic rings. The predicted octanol–water partition coefficient (Wildman–Crippen LogP) is 1.81. The van der Waals surface area contributed by atoms with Gasteiger partial charge < -0.3 is 15.1 Å². The summed E-state index contributed by atoms with van der Waals surface area (Å²) in [4.78, 5) is 17.1. The molecule has 20 heavy (non-hydrogen) atoms. The Labute approximate surface area is 124 Å². The molecule has 0 saturated carbocycles. The van der Waals surface area contributed by atoms with Crippen LogP contribution in [0.3, 0.4) is 0 Å². The zero-order valence-corrected chi connectivity index (χ0v) is 14.2. The number of carbonyl (C=O) groups is 1. The summed E-state index contributed by atoms with van der Waals surface area (Å²) < 4.78 is 0. The van der Waals surface area contributed by atoms with Crippen LogP contribution in [0.4, 0.5) is 0 Å². The van der Waals surface area contributed by atoms with Crippen LogP contribution in [0.2, 0.25) is 0 Å². The molecule has 0 aliphatic carbocycles. The zero-order valence-electron chi connectivity index (χ0n) is 14.2. The molecule has 0 radical (unpaired) electrons. The fraction of sp³-hybridized carbons (Fsp3) is 0.938. The summed E-state index contributed by atoms with van der Waals surface area (Å²) in [6.45, 7) is 12.3. The number of likely N-dealkylation sites (N-methyl/N-ethyl adjacent to an activating group) is 1. The lowest BCUT2D eigenvalue weighted by atomic mass is 9.77. The van der Waals surface area contributed by atoms with Gasteiger partial charge in [-0.25, -0.2) is 0 Å². The maximum absolute atomic E-state index is 12.9. The van der Waals surface area contributed by atoms with Crippen molar-refractivity contribution in [3.05, 3.63) is 0 Å². The highest BCUT2D eigenvalue weighted by Gasteiger charge is 2.39. The van der Waals surface area contributed by atoms with Gasteiger partial charge in [-0.3, -0.25) is 4.79 Å². The van der Waals surface area contributed by atoms with Crippen LogP contribution >= 0.6 is 0 Å². The van der Waals surface area contributed by atoms with E-state index in [0.717, 1.165) is 32.6 Å². The Kier molecular flexibility index (Phi) is 6.46. The lowest BCUT2D eigenvalue weighted by Gasteiger charge is -2.41. The second-order valence-electron chi connectivity index (χ2n) is 7.46. The first-order chi connectivity index (χ1) is 9.24. The van der Waals surface area contributed by atoms with Crippen LogP contribution in [0.25, 0.3) is 0 Å². The Morgan fingerprint density at radius 1 is 1.30 bits per heavy atom. The fourth-order valence-electron chi connectivity index (χ4n) is 2.87. The summed E-state index contributed by atoms with van der Waals surface area (Å²) in [7, 11) is 4.11. The molecule has 118 valence electrons.